The summed E-state index contributed by atoms with van der Waals surface area (Å²) in [5.74, 6) is 0. The zero-order valence-electron chi connectivity index (χ0n) is 9.52. The second-order valence-corrected chi connectivity index (χ2v) is 3.96. The minimum atomic E-state index is -4.89. The van der Waals surface area contributed by atoms with Crippen molar-refractivity contribution in [3.8, 4) is 0 Å². The molecule has 0 saturated heterocycles. The summed E-state index contributed by atoms with van der Waals surface area (Å²) in [5, 5.41) is 8.63. The van der Waals surface area contributed by atoms with Crippen molar-refractivity contribution < 1.29 is 31.4 Å². The number of aliphatic hydroxyl groups is 1. The molecule has 2 nitrogen and oxygen atoms in total. The molecule has 0 radical (unpaired) electrons. The van der Waals surface area contributed by atoms with Crippen molar-refractivity contribution in [2.24, 2.45) is 5.73 Å². The van der Waals surface area contributed by atoms with Gasteiger partial charge < -0.3 is 10.8 Å². The highest BCUT2D eigenvalue weighted by atomic mass is 19.4. The Morgan fingerprint density at radius 2 is 1.37 bits per heavy atom. The van der Waals surface area contributed by atoms with Crippen LogP contribution in [0.1, 0.15) is 29.2 Å². The highest BCUT2D eigenvalue weighted by Crippen LogP contribution is 2.37. The van der Waals surface area contributed by atoms with Crippen LogP contribution in [0.3, 0.4) is 0 Å². The van der Waals surface area contributed by atoms with E-state index in [2.05, 4.69) is 0 Å². The third kappa shape index (κ3) is 4.10. The fourth-order valence-electron chi connectivity index (χ4n) is 1.50. The lowest BCUT2D eigenvalue weighted by molar-refractivity contribution is -0.143. The number of halogens is 6. The maximum atomic E-state index is 12.5. The molecule has 1 rings (SSSR count). The fraction of sp³-hybridized carbons (Fsp3) is 0.455. The maximum absolute atomic E-state index is 12.5. The van der Waals surface area contributed by atoms with Gasteiger partial charge in [-0.2, -0.15) is 26.3 Å². The molecular weight excluding hydrogens is 276 g/mol. The van der Waals surface area contributed by atoms with Crippen LogP contribution in [0.2, 0.25) is 0 Å². The third-order valence-electron chi connectivity index (χ3n) is 2.48. The van der Waals surface area contributed by atoms with E-state index in [0.717, 1.165) is 0 Å². The molecule has 0 aliphatic rings. The average molecular weight is 287 g/mol. The Balaban J connectivity index is 3.33. The van der Waals surface area contributed by atoms with E-state index in [0.29, 0.717) is 12.1 Å². The summed E-state index contributed by atoms with van der Waals surface area (Å²) in [6.07, 6.45) is -9.91. The predicted molar refractivity (Wildman–Crippen MR) is 55.1 cm³/mol. The number of nitrogens with two attached hydrogens (primary N) is 1. The number of alkyl halides is 6. The molecule has 108 valence electrons. The van der Waals surface area contributed by atoms with Gasteiger partial charge in [-0.05, 0) is 30.2 Å². The van der Waals surface area contributed by atoms with Crippen molar-refractivity contribution >= 4 is 0 Å². The molecule has 0 fully saturated rings. The minimum absolute atomic E-state index is 0.0369. The van der Waals surface area contributed by atoms with Crippen molar-refractivity contribution in [3.05, 3.63) is 34.9 Å². The van der Waals surface area contributed by atoms with Crippen molar-refractivity contribution in [2.45, 2.75) is 24.8 Å². The Hall–Kier alpha value is -1.28. The van der Waals surface area contributed by atoms with Gasteiger partial charge in [-0.1, -0.05) is 0 Å². The van der Waals surface area contributed by atoms with Gasteiger partial charge in [-0.25, -0.2) is 0 Å². The summed E-state index contributed by atoms with van der Waals surface area (Å²) in [6, 6.07) is 0.0775. The van der Waals surface area contributed by atoms with Crippen LogP contribution >= 0.6 is 0 Å². The van der Waals surface area contributed by atoms with Crippen molar-refractivity contribution in [1.29, 1.82) is 0 Å². The second kappa shape index (κ2) is 5.38. The second-order valence-electron chi connectivity index (χ2n) is 3.96. The summed E-state index contributed by atoms with van der Waals surface area (Å²) < 4.78 is 75.2. The van der Waals surface area contributed by atoms with Crippen molar-refractivity contribution in [3.63, 3.8) is 0 Å². The van der Waals surface area contributed by atoms with E-state index in [1.807, 2.05) is 0 Å². The highest BCUT2D eigenvalue weighted by molar-refractivity contribution is 5.35. The van der Waals surface area contributed by atoms with Crippen LogP contribution in [0.25, 0.3) is 0 Å². The Kier molecular flexibility index (Phi) is 4.46. The summed E-state index contributed by atoms with van der Waals surface area (Å²) >= 11 is 0. The maximum Gasteiger partial charge on any atom is 0.416 e. The van der Waals surface area contributed by atoms with Crippen LogP contribution in [0, 0.1) is 0 Å². The van der Waals surface area contributed by atoms with Crippen LogP contribution < -0.4 is 5.73 Å². The largest absolute Gasteiger partial charge is 0.416 e. The topological polar surface area (TPSA) is 46.2 Å². The first kappa shape index (κ1) is 15.8. The first-order chi connectivity index (χ1) is 8.55. The van der Waals surface area contributed by atoms with Gasteiger partial charge in [0, 0.05) is 12.6 Å². The van der Waals surface area contributed by atoms with Crippen LogP contribution in [-0.4, -0.2) is 11.7 Å². The van der Waals surface area contributed by atoms with E-state index in [1.165, 1.54) is 0 Å². The number of hydrogen-bond donors (Lipinski definition) is 2. The van der Waals surface area contributed by atoms with E-state index >= 15 is 0 Å². The van der Waals surface area contributed by atoms with E-state index in [4.69, 9.17) is 10.8 Å². The van der Waals surface area contributed by atoms with Gasteiger partial charge in [0.25, 0.3) is 0 Å². The lowest BCUT2D eigenvalue weighted by atomic mass is 9.98. The third-order valence-corrected chi connectivity index (χ3v) is 2.48. The van der Waals surface area contributed by atoms with Crippen LogP contribution in [0.4, 0.5) is 26.3 Å². The van der Waals surface area contributed by atoms with Crippen LogP contribution in [-0.2, 0) is 12.4 Å². The van der Waals surface area contributed by atoms with Gasteiger partial charge in [-0.3, -0.25) is 0 Å². The molecule has 0 aliphatic carbocycles. The fourth-order valence-corrected chi connectivity index (χ4v) is 1.50. The van der Waals surface area contributed by atoms with E-state index < -0.39 is 36.1 Å². The van der Waals surface area contributed by atoms with Crippen LogP contribution in [0.5, 0.6) is 0 Å². The predicted octanol–water partition coefficient (Wildman–Crippen LogP) is 3.11. The standard InChI is InChI=1S/C11H11F6NO/c12-10(13,14)7-3-6(9(18)1-2-19)4-8(5-7)11(15,16)17/h3-5,9,19H,1-2,18H2. The summed E-state index contributed by atoms with van der Waals surface area (Å²) in [4.78, 5) is 0. The molecule has 19 heavy (non-hydrogen) atoms. The molecule has 0 bridgehead atoms. The summed E-state index contributed by atoms with van der Waals surface area (Å²) in [5.41, 5.74) is 2.30. The zero-order valence-corrected chi connectivity index (χ0v) is 9.52. The smallest absolute Gasteiger partial charge is 0.396 e. The van der Waals surface area contributed by atoms with Crippen LogP contribution in [0.15, 0.2) is 18.2 Å². The molecule has 1 unspecified atom stereocenters. The Bertz CT molecular complexity index is 408. The van der Waals surface area contributed by atoms with E-state index in [-0.39, 0.29) is 18.1 Å². The lowest BCUT2D eigenvalue weighted by Crippen LogP contribution is -2.17. The Morgan fingerprint density at radius 3 is 1.68 bits per heavy atom. The molecule has 0 amide bonds. The van der Waals surface area contributed by atoms with E-state index in [9.17, 15) is 26.3 Å². The van der Waals surface area contributed by atoms with Gasteiger partial charge in [0.2, 0.25) is 0 Å². The highest BCUT2D eigenvalue weighted by Gasteiger charge is 2.37. The molecular formula is C11H11F6NO. The molecule has 1 aromatic rings. The molecule has 8 heteroatoms. The molecule has 1 atom stereocenters. The van der Waals surface area contributed by atoms with Gasteiger partial charge in [-0.15, -0.1) is 0 Å². The Morgan fingerprint density at radius 1 is 0.947 bits per heavy atom. The normalized spacial score (nSPS) is 14.5. The quantitative estimate of drug-likeness (QED) is 0.839. The first-order valence-corrected chi connectivity index (χ1v) is 5.21. The van der Waals surface area contributed by atoms with Gasteiger partial charge in [0.15, 0.2) is 0 Å². The summed E-state index contributed by atoms with van der Waals surface area (Å²) in [6.45, 7) is -0.432. The van der Waals surface area contributed by atoms with E-state index in [1.54, 1.807) is 0 Å². The average Bonchev–Trinajstić information content (AvgIpc) is 2.26. The molecule has 0 heterocycles. The number of hydrogen-bond acceptors (Lipinski definition) is 2. The molecule has 0 spiro atoms. The van der Waals surface area contributed by atoms with Crippen molar-refractivity contribution in [2.75, 3.05) is 6.61 Å². The Labute approximate surface area is 104 Å². The lowest BCUT2D eigenvalue weighted by Gasteiger charge is -2.17. The number of aliphatic hydroxyl groups excluding tert-OH is 1. The minimum Gasteiger partial charge on any atom is -0.396 e. The number of rotatable bonds is 3. The van der Waals surface area contributed by atoms with Gasteiger partial charge in [0.1, 0.15) is 0 Å². The SMILES string of the molecule is NC(CCO)c1cc(C(F)(F)F)cc(C(F)(F)F)c1. The molecule has 0 saturated carbocycles. The summed E-state index contributed by atoms with van der Waals surface area (Å²) in [7, 11) is 0. The molecule has 3 N–H and O–H groups in total. The van der Waals surface area contributed by atoms with Crippen molar-refractivity contribution in [1.82, 2.24) is 0 Å². The van der Waals surface area contributed by atoms with Gasteiger partial charge in [0.05, 0.1) is 11.1 Å². The first-order valence-electron chi connectivity index (χ1n) is 5.21. The monoisotopic (exact) mass is 287 g/mol. The van der Waals surface area contributed by atoms with Gasteiger partial charge >= 0.3 is 12.4 Å². The molecule has 0 aromatic heterocycles. The molecule has 1 aromatic carbocycles. The number of benzene rings is 1. The zero-order chi connectivity index (χ0) is 14.8. The molecule has 0 aliphatic heterocycles.